The summed E-state index contributed by atoms with van der Waals surface area (Å²) in [6, 6.07) is 5.65. The number of anilines is 1. The normalized spacial score (nSPS) is 18.7. The summed E-state index contributed by atoms with van der Waals surface area (Å²) in [6.45, 7) is 18.7. The van der Waals surface area contributed by atoms with Crippen LogP contribution in [0.25, 0.3) is 0 Å². The van der Waals surface area contributed by atoms with E-state index < -0.39 is 35.6 Å². The maximum atomic E-state index is 14.2. The van der Waals surface area contributed by atoms with Crippen molar-refractivity contribution in [3.05, 3.63) is 36.8 Å². The summed E-state index contributed by atoms with van der Waals surface area (Å²) < 4.78 is 11.9. The molecule has 0 aliphatic carbocycles. The fourth-order valence-electron chi connectivity index (χ4n) is 7.63. The second kappa shape index (κ2) is 20.9. The second-order valence-electron chi connectivity index (χ2n) is 16.1. The maximum Gasteiger partial charge on any atom is 0.245 e. The van der Waals surface area contributed by atoms with Crippen molar-refractivity contribution >= 4 is 29.3 Å². The van der Waals surface area contributed by atoms with Crippen molar-refractivity contribution in [2.45, 2.75) is 117 Å². The molecule has 304 valence electrons. The van der Waals surface area contributed by atoms with Crippen molar-refractivity contribution in [3.63, 3.8) is 0 Å². The Hall–Kier alpha value is -4.22. The Morgan fingerprint density at radius 3 is 2.23 bits per heavy atom. The fourth-order valence-corrected chi connectivity index (χ4v) is 7.63. The molecule has 0 spiro atoms. The van der Waals surface area contributed by atoms with E-state index in [1.807, 2.05) is 89.7 Å². The van der Waals surface area contributed by atoms with Gasteiger partial charge in [-0.15, -0.1) is 0 Å². The molecule has 53 heavy (non-hydrogen) atoms. The molecule has 1 aromatic rings. The zero-order valence-corrected chi connectivity index (χ0v) is 37.3. The molecule has 4 N–H and O–H groups in total. The van der Waals surface area contributed by atoms with Gasteiger partial charge in [0.15, 0.2) is 0 Å². The topological polar surface area (TPSA) is 147 Å². The molecule has 1 aliphatic heterocycles. The first-order valence-electron chi connectivity index (χ1n) is 18.8. The molecule has 1 aliphatic rings. The largest absolute Gasteiger partial charge is 0.399 e. The number of likely N-dealkylation sites (N-methyl/N-ethyl adjacent to an activating group) is 1. The van der Waals surface area contributed by atoms with E-state index in [9.17, 15) is 19.2 Å². The van der Waals surface area contributed by atoms with Gasteiger partial charge in [0.1, 0.15) is 6.04 Å². The van der Waals surface area contributed by atoms with Gasteiger partial charge in [-0.2, -0.15) is 0 Å². The number of ether oxygens (including phenoxy) is 2. The molecule has 0 bridgehead atoms. The predicted octanol–water partition coefficient (Wildman–Crippen LogP) is 3.78. The molecule has 1 heterocycles. The average Bonchev–Trinajstić information content (AvgIpc) is 3.55. The monoisotopic (exact) mass is 973 g/mol. The SMILES string of the molecule is [CH2-][C@H](Cc1cccc(N)c1)NC(=O)[C@H](C)C(OC)[C@@H]1CCCN1C(=O)C[C@@H](OC)[C@H]([C@@H](C)CC)N(C)C(=O)[C@@H](NC(=O)C(C)(C)CN(C)C)C(C)C.[Cm]. The average molecular weight is 977 g/mol. The van der Waals surface area contributed by atoms with Crippen LogP contribution in [0, 0.1) is 30.1 Å². The van der Waals surface area contributed by atoms with Crippen molar-refractivity contribution in [1.82, 2.24) is 25.3 Å². The Balaban J connectivity index is 0.0000140. The zero-order valence-electron chi connectivity index (χ0n) is 34.4. The van der Waals surface area contributed by atoms with Crippen molar-refractivity contribution in [1.29, 1.82) is 0 Å². The van der Waals surface area contributed by atoms with Crippen molar-refractivity contribution in [2.24, 2.45) is 23.2 Å². The molecule has 1 saturated heterocycles. The van der Waals surface area contributed by atoms with E-state index >= 15 is 0 Å². The van der Waals surface area contributed by atoms with Crippen LogP contribution in [0.4, 0.5) is 5.69 Å². The summed E-state index contributed by atoms with van der Waals surface area (Å²) >= 11 is 0. The molecule has 2 rings (SSSR count). The number of benzene rings is 1. The molecule has 13 heteroatoms. The molecule has 0 saturated carbocycles. The molecule has 0 radical (unpaired) electrons. The van der Waals surface area contributed by atoms with Crippen LogP contribution < -0.4 is 16.4 Å². The molecule has 1 aromatic carbocycles. The zero-order chi connectivity index (χ0) is 39.5. The maximum absolute atomic E-state index is 14.2. The van der Waals surface area contributed by atoms with Gasteiger partial charge in [0.05, 0.1) is 42.0 Å². The summed E-state index contributed by atoms with van der Waals surface area (Å²) in [7, 11) is 8.72. The summed E-state index contributed by atoms with van der Waals surface area (Å²) in [5.41, 5.74) is 6.85. The molecule has 12 nitrogen and oxygen atoms in total. The van der Waals surface area contributed by atoms with E-state index in [2.05, 4.69) is 24.5 Å². The number of likely N-dealkylation sites (tertiary alicyclic amines) is 1. The Kier molecular flexibility index (Phi) is 18.4. The van der Waals surface area contributed by atoms with Gasteiger partial charge in [0, 0.05) is 40.0 Å². The number of hydrogen-bond acceptors (Lipinski definition) is 8. The van der Waals surface area contributed by atoms with Gasteiger partial charge < -0.3 is 47.5 Å². The summed E-state index contributed by atoms with van der Waals surface area (Å²) in [5, 5.41) is 6.05. The van der Waals surface area contributed by atoms with Gasteiger partial charge in [-0.3, -0.25) is 19.2 Å². The number of nitrogen functional groups attached to an aromatic ring is 1. The second-order valence-corrected chi connectivity index (χ2v) is 16.1. The third-order valence-electron chi connectivity index (χ3n) is 10.6. The van der Waals surface area contributed by atoms with E-state index in [-0.39, 0.29) is 54.0 Å². The van der Waals surface area contributed by atoms with Crippen LogP contribution >= 0.6 is 0 Å². The van der Waals surface area contributed by atoms with Crippen LogP contribution in [-0.4, -0.2) is 123 Å². The molecule has 1 fully saturated rings. The van der Waals surface area contributed by atoms with E-state index in [0.29, 0.717) is 31.6 Å². The molecule has 8 atom stereocenters. The first kappa shape index (κ1) is 46.8. The number of carbonyl (C=O) groups is 4. The van der Waals surface area contributed by atoms with Gasteiger partial charge in [-0.25, -0.2) is 0 Å². The molecule has 1 unspecified atom stereocenters. The minimum absolute atomic E-state index is 0. The number of amides is 4. The molecular weight excluding hydrogens is 907 g/mol. The van der Waals surface area contributed by atoms with Crippen molar-refractivity contribution in [3.8, 4) is 0 Å². The number of nitrogens with two attached hydrogens (primary N) is 1. The van der Waals surface area contributed by atoms with Gasteiger partial charge in [-0.05, 0) is 76.7 Å². The van der Waals surface area contributed by atoms with Crippen LogP contribution in [0.15, 0.2) is 24.3 Å². The quantitative estimate of drug-likeness (QED) is 0.132. The standard InChI is InChI=1S/C40H69N6O6.Cm/c1-14-26(4)35(45(11)38(49)34(25(2)3)43-39(50)40(7,8)24-44(9)10)32(51-12)23-33(47)46-20-16-19-31(46)36(52-13)28(6)37(48)42-27(5)21-29-17-15-18-30(41)22-29;/h15,17-18,22,25-28,31-32,34-36H,5,14,16,19-21,23-24,41H2,1-4,6-13H3,(H,42,48)(H,43,50);/q-1;/t26-,27+,28+,31-,32+,34-,35-,36?;/m0./s1. The van der Waals surface area contributed by atoms with Crippen LogP contribution in [-0.2, 0) is 35.1 Å². The van der Waals surface area contributed by atoms with Crippen LogP contribution in [0.2, 0.25) is 0 Å². The van der Waals surface area contributed by atoms with Crippen molar-refractivity contribution < 1.29 is 28.7 Å². The van der Waals surface area contributed by atoms with E-state index in [1.165, 1.54) is 0 Å². The van der Waals surface area contributed by atoms with E-state index in [0.717, 1.165) is 18.4 Å². The van der Waals surface area contributed by atoms with Gasteiger partial charge >= 0.3 is 0 Å². The van der Waals surface area contributed by atoms with Crippen LogP contribution in [0.1, 0.15) is 79.7 Å². The molecular formula is C40H69CmN6O6-. The number of hydrogen-bond donors (Lipinski definition) is 3. The fraction of sp³-hybridized carbons (Fsp3) is 0.725. The number of nitrogens with zero attached hydrogens (tertiary/aromatic N) is 3. The Morgan fingerprint density at radius 1 is 1.06 bits per heavy atom. The number of carbonyl (C=O) groups excluding carboxylic acids is 4. The van der Waals surface area contributed by atoms with Gasteiger partial charge in [0.2, 0.25) is 23.6 Å². The smallest absolute Gasteiger partial charge is 0.245 e. The minimum atomic E-state index is -0.750. The van der Waals surface area contributed by atoms with Gasteiger partial charge in [0.25, 0.3) is 0 Å². The third kappa shape index (κ3) is 12.7. The Bertz CT molecular complexity index is 1330. The Morgan fingerprint density at radius 2 is 1.70 bits per heavy atom. The minimum Gasteiger partial charge on any atom is -0.399 e. The third-order valence-corrected chi connectivity index (χ3v) is 10.6. The first-order chi connectivity index (χ1) is 24.3. The number of rotatable bonds is 20. The summed E-state index contributed by atoms with van der Waals surface area (Å²) in [4.78, 5) is 60.6. The van der Waals surface area contributed by atoms with Crippen molar-refractivity contribution in [2.75, 3.05) is 54.2 Å². The summed E-state index contributed by atoms with van der Waals surface area (Å²) in [6.07, 6.45) is 1.67. The molecule has 0 aromatic heterocycles. The predicted molar refractivity (Wildman–Crippen MR) is 207 cm³/mol. The first-order valence-corrected chi connectivity index (χ1v) is 18.8. The number of methoxy groups -OCH3 is 2. The van der Waals surface area contributed by atoms with E-state index in [4.69, 9.17) is 15.2 Å². The summed E-state index contributed by atoms with van der Waals surface area (Å²) in [5.74, 6) is -1.44. The number of nitrogens with one attached hydrogen (secondary N) is 2. The van der Waals surface area contributed by atoms with Gasteiger partial charge in [-0.1, -0.05) is 59.2 Å². The van der Waals surface area contributed by atoms with Crippen LogP contribution in [0.3, 0.4) is 0 Å². The van der Waals surface area contributed by atoms with E-state index in [1.54, 1.807) is 26.2 Å². The Labute approximate surface area is 313 Å². The molecule has 4 amide bonds. The van der Waals surface area contributed by atoms with Crippen LogP contribution in [0.5, 0.6) is 0 Å².